The third-order valence-corrected chi connectivity index (χ3v) is 8.31. The summed E-state index contributed by atoms with van der Waals surface area (Å²) in [7, 11) is 0. The van der Waals surface area contributed by atoms with Crippen molar-refractivity contribution in [2.45, 2.75) is 43.7 Å². The van der Waals surface area contributed by atoms with Crippen molar-refractivity contribution >= 4 is 18.0 Å². The maximum absolute atomic E-state index is 13.0. The molecule has 7 nitrogen and oxygen atoms in total. The Labute approximate surface area is 198 Å². The molecule has 5 aliphatic rings. The molecular formula is C27H28N2O5. The molecule has 0 aromatic heterocycles. The lowest BCUT2D eigenvalue weighted by atomic mass is 9.74. The Morgan fingerprint density at radius 1 is 0.971 bits per heavy atom. The van der Waals surface area contributed by atoms with Crippen LogP contribution in [0.2, 0.25) is 0 Å². The van der Waals surface area contributed by atoms with Crippen molar-refractivity contribution in [3.8, 4) is 11.1 Å². The molecule has 2 bridgehead atoms. The first-order chi connectivity index (χ1) is 16.5. The minimum Gasteiger partial charge on any atom is -0.481 e. The van der Waals surface area contributed by atoms with Crippen LogP contribution in [0.15, 0.2) is 48.5 Å². The lowest BCUT2D eigenvalue weighted by Crippen LogP contribution is -2.46. The maximum Gasteiger partial charge on any atom is 0.407 e. The number of amides is 2. The van der Waals surface area contributed by atoms with E-state index in [9.17, 15) is 19.5 Å². The van der Waals surface area contributed by atoms with Gasteiger partial charge in [0.25, 0.3) is 0 Å². The predicted molar refractivity (Wildman–Crippen MR) is 124 cm³/mol. The first-order valence-electron chi connectivity index (χ1n) is 12.2. The van der Waals surface area contributed by atoms with Crippen molar-refractivity contribution in [2.24, 2.45) is 17.8 Å². The lowest BCUT2D eigenvalue weighted by Gasteiger charge is -2.33. The lowest BCUT2D eigenvalue weighted by molar-refractivity contribution is -0.148. The highest BCUT2D eigenvalue weighted by atomic mass is 16.5. The smallest absolute Gasteiger partial charge is 0.407 e. The van der Waals surface area contributed by atoms with Gasteiger partial charge in [-0.2, -0.15) is 0 Å². The molecule has 5 atom stereocenters. The quantitative estimate of drug-likeness (QED) is 0.711. The summed E-state index contributed by atoms with van der Waals surface area (Å²) in [4.78, 5) is 38.8. The molecule has 34 heavy (non-hydrogen) atoms. The van der Waals surface area contributed by atoms with Gasteiger partial charge in [-0.25, -0.2) is 4.79 Å². The number of carbonyl (C=O) groups is 3. The summed E-state index contributed by atoms with van der Waals surface area (Å²) in [6, 6.07) is 16.2. The molecule has 0 radical (unpaired) electrons. The van der Waals surface area contributed by atoms with E-state index in [1.807, 2.05) is 24.3 Å². The van der Waals surface area contributed by atoms with Crippen LogP contribution in [0.1, 0.15) is 42.7 Å². The van der Waals surface area contributed by atoms with Crippen LogP contribution in [0, 0.1) is 17.8 Å². The third kappa shape index (κ3) is 3.37. The predicted octanol–water partition coefficient (Wildman–Crippen LogP) is 3.63. The van der Waals surface area contributed by atoms with Crippen LogP contribution < -0.4 is 5.32 Å². The highest BCUT2D eigenvalue weighted by Crippen LogP contribution is 2.48. The number of hydrogen-bond acceptors (Lipinski definition) is 4. The number of aliphatic carboxylic acids is 1. The number of rotatable bonds is 5. The summed E-state index contributed by atoms with van der Waals surface area (Å²) in [6.45, 7) is 0.823. The highest BCUT2D eigenvalue weighted by molar-refractivity contribution is 5.83. The zero-order chi connectivity index (χ0) is 23.4. The van der Waals surface area contributed by atoms with E-state index in [0.29, 0.717) is 19.4 Å². The van der Waals surface area contributed by atoms with Gasteiger partial charge in [0, 0.05) is 30.5 Å². The molecule has 2 heterocycles. The Morgan fingerprint density at radius 3 is 2.29 bits per heavy atom. The number of fused-ring (bicyclic) bond motifs is 4. The van der Waals surface area contributed by atoms with Gasteiger partial charge in [-0.05, 0) is 53.9 Å². The van der Waals surface area contributed by atoms with Crippen molar-refractivity contribution in [1.82, 2.24) is 10.2 Å². The molecule has 2 saturated heterocycles. The van der Waals surface area contributed by atoms with Crippen molar-refractivity contribution in [1.29, 1.82) is 0 Å². The fraction of sp³-hybridized carbons (Fsp3) is 0.444. The molecule has 2 saturated carbocycles. The molecule has 2 aromatic carbocycles. The zero-order valence-corrected chi connectivity index (χ0v) is 18.9. The van der Waals surface area contributed by atoms with Crippen molar-refractivity contribution in [3.05, 3.63) is 59.7 Å². The summed E-state index contributed by atoms with van der Waals surface area (Å²) < 4.78 is 5.65. The van der Waals surface area contributed by atoms with Crippen molar-refractivity contribution < 1.29 is 24.2 Å². The number of nitrogens with one attached hydrogen (secondary N) is 1. The summed E-state index contributed by atoms with van der Waals surface area (Å²) in [5.41, 5.74) is 4.72. The third-order valence-electron chi connectivity index (χ3n) is 8.31. The molecule has 7 heteroatoms. The van der Waals surface area contributed by atoms with E-state index in [1.165, 1.54) is 22.3 Å². The number of benzene rings is 2. The number of hydrogen-bond donors (Lipinski definition) is 2. The Kier molecular flexibility index (Phi) is 5.08. The molecule has 2 N–H and O–H groups in total. The Balaban J connectivity index is 1.03. The molecule has 2 amide bonds. The SMILES string of the molecule is O=C(N[C@H]1CC[C@@H](C(=O)N2CC3CC2C3C(=O)O)C1)OCC1c2ccccc2-c2ccccc21. The highest BCUT2D eigenvalue weighted by Gasteiger charge is 2.57. The number of carboxylic acid groups (broad SMARTS) is 1. The Bertz CT molecular complexity index is 1120. The standard InChI is InChI=1S/C27H28N2O5/c30-25(29-13-16-12-23(29)24(16)26(31)32)15-9-10-17(11-15)28-27(33)34-14-22-20-7-3-1-5-18(20)19-6-2-4-8-21(19)22/h1-8,15-17,22-24H,9-14H2,(H,28,33)(H,31,32)/t15-,16?,17+,23?,24?/m1/s1. The van der Waals surface area contributed by atoms with Gasteiger partial charge in [-0.15, -0.1) is 0 Å². The minimum absolute atomic E-state index is 0.0138. The average Bonchev–Trinajstić information content (AvgIpc) is 3.59. The van der Waals surface area contributed by atoms with E-state index in [2.05, 4.69) is 29.6 Å². The summed E-state index contributed by atoms with van der Waals surface area (Å²) in [5, 5.41) is 12.3. The maximum atomic E-state index is 13.0. The van der Waals surface area contributed by atoms with E-state index in [-0.39, 0.29) is 42.4 Å². The van der Waals surface area contributed by atoms with Crippen LogP contribution in [0.4, 0.5) is 4.79 Å². The van der Waals surface area contributed by atoms with Gasteiger partial charge in [0.05, 0.1) is 5.92 Å². The van der Waals surface area contributed by atoms with Crippen LogP contribution in [0.3, 0.4) is 0 Å². The van der Waals surface area contributed by atoms with Crippen LogP contribution in [0.5, 0.6) is 0 Å². The average molecular weight is 461 g/mol. The van der Waals surface area contributed by atoms with Gasteiger partial charge in [0.15, 0.2) is 0 Å². The molecule has 3 aliphatic carbocycles. The fourth-order valence-corrected chi connectivity index (χ4v) is 6.62. The summed E-state index contributed by atoms with van der Waals surface area (Å²) in [5.74, 6) is -1.19. The molecule has 176 valence electrons. The first-order valence-corrected chi connectivity index (χ1v) is 12.2. The Morgan fingerprint density at radius 2 is 1.65 bits per heavy atom. The van der Waals surface area contributed by atoms with E-state index in [0.717, 1.165) is 12.8 Å². The number of carboxylic acids is 1. The fourth-order valence-electron chi connectivity index (χ4n) is 6.62. The van der Waals surface area contributed by atoms with Gasteiger partial charge in [-0.3, -0.25) is 9.59 Å². The van der Waals surface area contributed by atoms with E-state index in [4.69, 9.17) is 4.74 Å². The van der Waals surface area contributed by atoms with E-state index < -0.39 is 18.0 Å². The number of carbonyl (C=O) groups excluding carboxylic acids is 2. The van der Waals surface area contributed by atoms with E-state index >= 15 is 0 Å². The monoisotopic (exact) mass is 460 g/mol. The second kappa shape index (κ2) is 8.15. The van der Waals surface area contributed by atoms with Gasteiger partial charge in [0.2, 0.25) is 5.91 Å². The number of nitrogens with zero attached hydrogens (tertiary/aromatic N) is 1. The molecule has 4 fully saturated rings. The molecule has 0 spiro atoms. The molecule has 3 unspecified atom stereocenters. The van der Waals surface area contributed by atoms with E-state index in [1.54, 1.807) is 4.90 Å². The molecular weight excluding hydrogens is 432 g/mol. The largest absolute Gasteiger partial charge is 0.481 e. The van der Waals surface area contributed by atoms with Crippen LogP contribution in [0.25, 0.3) is 11.1 Å². The number of ether oxygens (including phenoxy) is 1. The van der Waals surface area contributed by atoms with Gasteiger partial charge in [0.1, 0.15) is 6.61 Å². The topological polar surface area (TPSA) is 95.9 Å². The molecule has 2 aromatic rings. The van der Waals surface area contributed by atoms with Gasteiger partial charge < -0.3 is 20.1 Å². The summed E-state index contributed by atoms with van der Waals surface area (Å²) in [6.07, 6.45) is 2.36. The van der Waals surface area contributed by atoms with Crippen LogP contribution in [-0.2, 0) is 14.3 Å². The van der Waals surface area contributed by atoms with Crippen molar-refractivity contribution in [3.63, 3.8) is 0 Å². The Hall–Kier alpha value is -3.35. The molecule has 7 rings (SSSR count). The van der Waals surface area contributed by atoms with Gasteiger partial charge in [-0.1, -0.05) is 48.5 Å². The summed E-state index contributed by atoms with van der Waals surface area (Å²) >= 11 is 0. The normalized spacial score (nSPS) is 28.7. The second-order valence-corrected chi connectivity index (χ2v) is 10.1. The van der Waals surface area contributed by atoms with Crippen LogP contribution in [-0.4, -0.2) is 53.2 Å². The van der Waals surface area contributed by atoms with Crippen molar-refractivity contribution in [2.75, 3.05) is 13.2 Å². The first kappa shape index (κ1) is 21.2. The second-order valence-electron chi connectivity index (χ2n) is 10.1. The molecule has 2 aliphatic heterocycles. The number of alkyl carbamates (subject to hydrolysis) is 1. The van der Waals surface area contributed by atoms with Crippen LogP contribution >= 0.6 is 0 Å². The zero-order valence-electron chi connectivity index (χ0n) is 18.9. The van der Waals surface area contributed by atoms with Gasteiger partial charge >= 0.3 is 12.1 Å². The minimum atomic E-state index is -0.794.